The summed E-state index contributed by atoms with van der Waals surface area (Å²) in [5, 5.41) is 0. The number of aromatic nitrogens is 1. The van der Waals surface area contributed by atoms with Gasteiger partial charge in [-0.3, -0.25) is 0 Å². The minimum absolute atomic E-state index is 0.186. The van der Waals surface area contributed by atoms with Gasteiger partial charge in [0.2, 0.25) is 5.89 Å². The number of para-hydroxylation sites is 1. The molecule has 0 fully saturated rings. The van der Waals surface area contributed by atoms with Crippen LogP contribution in [0.5, 0.6) is 0 Å². The predicted molar refractivity (Wildman–Crippen MR) is 51.2 cm³/mol. The minimum atomic E-state index is -0.399. The molecular formula is C10H11FN2O. The van der Waals surface area contributed by atoms with Gasteiger partial charge >= 0.3 is 0 Å². The average Bonchev–Trinajstić information content (AvgIpc) is 2.62. The second-order valence-electron chi connectivity index (χ2n) is 3.15. The number of benzene rings is 1. The molecule has 3 nitrogen and oxygen atoms in total. The van der Waals surface area contributed by atoms with Gasteiger partial charge in [-0.1, -0.05) is 13.0 Å². The standard InChI is InChI=1S/C10H11FN2O/c1-2-7(12)10-13-8-5-3-4-6(11)9(8)14-10/h3-5,7H,2,12H2,1H3. The van der Waals surface area contributed by atoms with E-state index in [1.54, 1.807) is 12.1 Å². The number of hydrogen-bond donors (Lipinski definition) is 1. The maximum Gasteiger partial charge on any atom is 0.212 e. The Balaban J connectivity index is 2.56. The number of hydrogen-bond acceptors (Lipinski definition) is 3. The Hall–Kier alpha value is -1.42. The maximum atomic E-state index is 13.2. The van der Waals surface area contributed by atoms with Gasteiger partial charge in [-0.05, 0) is 18.6 Å². The van der Waals surface area contributed by atoms with Gasteiger partial charge in [0.05, 0.1) is 6.04 Å². The summed E-state index contributed by atoms with van der Waals surface area (Å²) in [5.41, 5.74) is 6.43. The molecule has 2 rings (SSSR count). The molecule has 2 aromatic rings. The van der Waals surface area contributed by atoms with Gasteiger partial charge in [0.15, 0.2) is 11.4 Å². The molecule has 0 aliphatic carbocycles. The summed E-state index contributed by atoms with van der Waals surface area (Å²) in [6.45, 7) is 1.93. The van der Waals surface area contributed by atoms with E-state index in [-0.39, 0.29) is 11.6 Å². The lowest BCUT2D eigenvalue weighted by Crippen LogP contribution is -2.08. The molecule has 4 heteroatoms. The lowest BCUT2D eigenvalue weighted by Gasteiger charge is -2.00. The molecule has 1 heterocycles. The van der Waals surface area contributed by atoms with Crippen LogP contribution in [0.15, 0.2) is 22.6 Å². The summed E-state index contributed by atoms with van der Waals surface area (Å²) in [6.07, 6.45) is 0.717. The van der Waals surface area contributed by atoms with Gasteiger partial charge in [-0.15, -0.1) is 0 Å². The van der Waals surface area contributed by atoms with Crippen molar-refractivity contribution in [3.63, 3.8) is 0 Å². The van der Waals surface area contributed by atoms with E-state index in [0.717, 1.165) is 0 Å². The van der Waals surface area contributed by atoms with Crippen LogP contribution < -0.4 is 5.73 Å². The summed E-state index contributed by atoms with van der Waals surface area (Å²) in [5.74, 6) is -0.00264. The molecule has 0 spiro atoms. The monoisotopic (exact) mass is 194 g/mol. The lowest BCUT2D eigenvalue weighted by atomic mass is 10.2. The molecule has 74 valence electrons. The SMILES string of the molecule is CCC(N)c1nc2cccc(F)c2o1. The van der Waals surface area contributed by atoms with Crippen LogP contribution in [0.3, 0.4) is 0 Å². The first-order valence-electron chi connectivity index (χ1n) is 4.53. The van der Waals surface area contributed by atoms with Crippen molar-refractivity contribution in [2.24, 2.45) is 5.73 Å². The Labute approximate surface area is 80.7 Å². The van der Waals surface area contributed by atoms with E-state index in [4.69, 9.17) is 10.2 Å². The first-order chi connectivity index (χ1) is 6.72. The van der Waals surface area contributed by atoms with Crippen LogP contribution in [-0.4, -0.2) is 4.98 Å². The molecule has 0 aliphatic heterocycles. The minimum Gasteiger partial charge on any atom is -0.436 e. The Kier molecular flexibility index (Phi) is 2.21. The molecular weight excluding hydrogens is 183 g/mol. The predicted octanol–water partition coefficient (Wildman–Crippen LogP) is 2.38. The zero-order chi connectivity index (χ0) is 10.1. The molecule has 0 saturated carbocycles. The van der Waals surface area contributed by atoms with Crippen LogP contribution in [0.1, 0.15) is 25.3 Å². The molecule has 0 saturated heterocycles. The normalized spacial score (nSPS) is 13.4. The van der Waals surface area contributed by atoms with Gasteiger partial charge in [-0.2, -0.15) is 0 Å². The quantitative estimate of drug-likeness (QED) is 0.798. The van der Waals surface area contributed by atoms with Crippen LogP contribution >= 0.6 is 0 Å². The molecule has 1 aromatic carbocycles. The van der Waals surface area contributed by atoms with E-state index >= 15 is 0 Å². The summed E-state index contributed by atoms with van der Waals surface area (Å²) in [4.78, 5) is 4.11. The molecule has 0 amide bonds. The highest BCUT2D eigenvalue weighted by Crippen LogP contribution is 2.22. The van der Waals surface area contributed by atoms with Crippen molar-refractivity contribution in [2.45, 2.75) is 19.4 Å². The summed E-state index contributed by atoms with van der Waals surface area (Å²) in [6, 6.07) is 4.38. The molecule has 0 bridgehead atoms. The van der Waals surface area contributed by atoms with E-state index in [2.05, 4.69) is 4.98 Å². The van der Waals surface area contributed by atoms with Crippen molar-refractivity contribution >= 4 is 11.1 Å². The van der Waals surface area contributed by atoms with Crippen molar-refractivity contribution < 1.29 is 8.81 Å². The van der Waals surface area contributed by atoms with Crippen LogP contribution in [0, 0.1) is 5.82 Å². The Morgan fingerprint density at radius 2 is 2.36 bits per heavy atom. The van der Waals surface area contributed by atoms with Crippen molar-refractivity contribution in [1.82, 2.24) is 4.98 Å². The molecule has 14 heavy (non-hydrogen) atoms. The summed E-state index contributed by atoms with van der Waals surface area (Å²) in [7, 11) is 0. The van der Waals surface area contributed by atoms with Crippen LogP contribution in [0.25, 0.3) is 11.1 Å². The second kappa shape index (κ2) is 3.38. The number of oxazole rings is 1. The van der Waals surface area contributed by atoms with Crippen LogP contribution in [0.2, 0.25) is 0 Å². The van der Waals surface area contributed by atoms with Gasteiger partial charge < -0.3 is 10.2 Å². The number of nitrogens with zero attached hydrogens (tertiary/aromatic N) is 1. The van der Waals surface area contributed by atoms with Gasteiger partial charge in [0.1, 0.15) is 5.52 Å². The fourth-order valence-electron chi connectivity index (χ4n) is 1.27. The van der Waals surface area contributed by atoms with Crippen molar-refractivity contribution in [2.75, 3.05) is 0 Å². The van der Waals surface area contributed by atoms with E-state index < -0.39 is 5.82 Å². The molecule has 2 N–H and O–H groups in total. The Bertz CT molecular complexity index is 452. The molecule has 0 radical (unpaired) electrons. The lowest BCUT2D eigenvalue weighted by molar-refractivity contribution is 0.457. The molecule has 1 aromatic heterocycles. The summed E-state index contributed by atoms with van der Waals surface area (Å²) >= 11 is 0. The summed E-state index contributed by atoms with van der Waals surface area (Å²) < 4.78 is 18.4. The van der Waals surface area contributed by atoms with Gasteiger partial charge in [0.25, 0.3) is 0 Å². The topological polar surface area (TPSA) is 52.0 Å². The molecule has 0 aliphatic rings. The third kappa shape index (κ3) is 1.37. The van der Waals surface area contributed by atoms with Crippen LogP contribution in [0.4, 0.5) is 4.39 Å². The zero-order valence-electron chi connectivity index (χ0n) is 7.83. The zero-order valence-corrected chi connectivity index (χ0v) is 7.83. The van der Waals surface area contributed by atoms with Gasteiger partial charge in [0, 0.05) is 0 Å². The van der Waals surface area contributed by atoms with E-state index in [1.807, 2.05) is 6.92 Å². The van der Waals surface area contributed by atoms with Gasteiger partial charge in [-0.25, -0.2) is 9.37 Å². The smallest absolute Gasteiger partial charge is 0.212 e. The Morgan fingerprint density at radius 3 is 3.00 bits per heavy atom. The number of nitrogens with two attached hydrogens (primary N) is 1. The maximum absolute atomic E-state index is 13.2. The van der Waals surface area contributed by atoms with Crippen molar-refractivity contribution in [3.05, 3.63) is 29.9 Å². The highest BCUT2D eigenvalue weighted by atomic mass is 19.1. The average molecular weight is 194 g/mol. The molecule has 1 atom stereocenters. The highest BCUT2D eigenvalue weighted by molar-refractivity contribution is 5.73. The first kappa shape index (κ1) is 9.15. The van der Waals surface area contributed by atoms with E-state index in [1.165, 1.54) is 6.07 Å². The third-order valence-electron chi connectivity index (χ3n) is 2.14. The Morgan fingerprint density at radius 1 is 1.57 bits per heavy atom. The number of halogens is 1. The van der Waals surface area contributed by atoms with E-state index in [9.17, 15) is 4.39 Å². The molecule has 1 unspecified atom stereocenters. The van der Waals surface area contributed by atoms with Crippen molar-refractivity contribution in [3.8, 4) is 0 Å². The highest BCUT2D eigenvalue weighted by Gasteiger charge is 2.13. The second-order valence-corrected chi connectivity index (χ2v) is 3.15. The third-order valence-corrected chi connectivity index (χ3v) is 2.14. The number of rotatable bonds is 2. The number of fused-ring (bicyclic) bond motifs is 1. The van der Waals surface area contributed by atoms with E-state index in [0.29, 0.717) is 17.8 Å². The fourth-order valence-corrected chi connectivity index (χ4v) is 1.27. The largest absolute Gasteiger partial charge is 0.436 e. The van der Waals surface area contributed by atoms with Crippen LogP contribution in [-0.2, 0) is 0 Å². The van der Waals surface area contributed by atoms with Crippen molar-refractivity contribution in [1.29, 1.82) is 0 Å². The fraction of sp³-hybridized carbons (Fsp3) is 0.300. The first-order valence-corrected chi connectivity index (χ1v) is 4.53.